The molecule has 0 aliphatic carbocycles. The minimum atomic E-state index is -0.214. The first kappa shape index (κ1) is 16.9. The van der Waals surface area contributed by atoms with Crippen LogP contribution in [-0.4, -0.2) is 19.6 Å². The lowest BCUT2D eigenvalue weighted by atomic mass is 10.1. The van der Waals surface area contributed by atoms with E-state index in [4.69, 9.17) is 9.47 Å². The quantitative estimate of drug-likeness (QED) is 0.909. The fourth-order valence-corrected chi connectivity index (χ4v) is 2.39. The lowest BCUT2D eigenvalue weighted by Gasteiger charge is -2.15. The zero-order chi connectivity index (χ0) is 17.0. The van der Waals surface area contributed by atoms with Gasteiger partial charge in [0.15, 0.2) is 6.61 Å². The Morgan fingerprint density at radius 1 is 1.04 bits per heavy atom. The number of rotatable bonds is 5. The predicted octanol–water partition coefficient (Wildman–Crippen LogP) is 3.95. The summed E-state index contributed by atoms with van der Waals surface area (Å²) in [5.74, 6) is 1.19. The van der Waals surface area contributed by atoms with Crippen LogP contribution in [0.25, 0.3) is 0 Å². The minimum absolute atomic E-state index is 0.0395. The average molecular weight is 313 g/mol. The summed E-state index contributed by atoms with van der Waals surface area (Å²) >= 11 is 0. The number of anilines is 1. The molecule has 0 aliphatic rings. The molecular weight excluding hydrogens is 290 g/mol. The number of benzene rings is 2. The van der Waals surface area contributed by atoms with Crippen LogP contribution in [-0.2, 0) is 4.79 Å². The molecule has 0 spiro atoms. The van der Waals surface area contributed by atoms with E-state index in [0.717, 1.165) is 28.0 Å². The Morgan fingerprint density at radius 3 is 2.43 bits per heavy atom. The molecule has 0 fully saturated rings. The molecule has 0 aromatic heterocycles. The molecule has 0 radical (unpaired) electrons. The summed E-state index contributed by atoms with van der Waals surface area (Å²) in [7, 11) is 1.58. The molecule has 0 atom stereocenters. The number of methoxy groups -OCH3 is 1. The van der Waals surface area contributed by atoms with E-state index in [1.54, 1.807) is 7.11 Å². The number of hydrogen-bond acceptors (Lipinski definition) is 3. The van der Waals surface area contributed by atoms with Crippen LogP contribution in [0.15, 0.2) is 30.3 Å². The molecule has 2 aromatic carbocycles. The highest BCUT2D eigenvalue weighted by atomic mass is 16.5. The number of aryl methyl sites for hydroxylation is 3. The van der Waals surface area contributed by atoms with Crippen LogP contribution in [0.4, 0.5) is 5.69 Å². The van der Waals surface area contributed by atoms with Gasteiger partial charge in [0.25, 0.3) is 5.91 Å². The van der Waals surface area contributed by atoms with Crippen LogP contribution < -0.4 is 14.8 Å². The van der Waals surface area contributed by atoms with E-state index >= 15 is 0 Å². The van der Waals surface area contributed by atoms with Gasteiger partial charge in [0.2, 0.25) is 0 Å². The van der Waals surface area contributed by atoms with Crippen molar-refractivity contribution in [2.75, 3.05) is 19.0 Å². The van der Waals surface area contributed by atoms with Crippen LogP contribution in [0.3, 0.4) is 0 Å². The maximum atomic E-state index is 12.2. The third kappa shape index (κ3) is 4.03. The highest BCUT2D eigenvalue weighted by Crippen LogP contribution is 2.27. The van der Waals surface area contributed by atoms with Crippen molar-refractivity contribution in [1.29, 1.82) is 0 Å². The second-order valence-electron chi connectivity index (χ2n) is 5.69. The van der Waals surface area contributed by atoms with Gasteiger partial charge >= 0.3 is 0 Å². The topological polar surface area (TPSA) is 47.6 Å². The van der Waals surface area contributed by atoms with Crippen LogP contribution >= 0.6 is 0 Å². The molecule has 122 valence electrons. The van der Waals surface area contributed by atoms with Crippen molar-refractivity contribution >= 4 is 11.6 Å². The second kappa shape index (κ2) is 7.18. The van der Waals surface area contributed by atoms with Crippen molar-refractivity contribution < 1.29 is 14.3 Å². The standard InChI is InChI=1S/C19H23NO3/c1-12-6-9-17(22-5)16(10-12)20-18(21)11-23-19-14(3)8-7-13(2)15(19)4/h6-10H,11H2,1-5H3,(H,20,21). The van der Waals surface area contributed by atoms with Crippen LogP contribution in [0, 0.1) is 27.7 Å². The molecule has 0 heterocycles. The van der Waals surface area contributed by atoms with Crippen molar-refractivity contribution in [3.63, 3.8) is 0 Å². The lowest BCUT2D eigenvalue weighted by Crippen LogP contribution is -2.21. The van der Waals surface area contributed by atoms with Crippen molar-refractivity contribution in [3.8, 4) is 11.5 Å². The van der Waals surface area contributed by atoms with Gasteiger partial charge in [-0.25, -0.2) is 0 Å². The van der Waals surface area contributed by atoms with Gasteiger partial charge in [0, 0.05) is 0 Å². The van der Waals surface area contributed by atoms with E-state index in [2.05, 4.69) is 11.4 Å². The summed E-state index contributed by atoms with van der Waals surface area (Å²) in [5, 5.41) is 2.84. The zero-order valence-electron chi connectivity index (χ0n) is 14.3. The van der Waals surface area contributed by atoms with Crippen molar-refractivity contribution in [2.24, 2.45) is 0 Å². The first-order valence-corrected chi connectivity index (χ1v) is 7.56. The fraction of sp³-hybridized carbons (Fsp3) is 0.316. The molecule has 0 unspecified atom stereocenters. The molecular formula is C19H23NO3. The Kier molecular flexibility index (Phi) is 5.27. The van der Waals surface area contributed by atoms with Gasteiger partial charge < -0.3 is 14.8 Å². The summed E-state index contributed by atoms with van der Waals surface area (Å²) in [5.41, 5.74) is 4.93. The number of amides is 1. The summed E-state index contributed by atoms with van der Waals surface area (Å²) < 4.78 is 11.0. The van der Waals surface area contributed by atoms with E-state index < -0.39 is 0 Å². The Labute approximate surface area is 137 Å². The first-order valence-electron chi connectivity index (χ1n) is 7.56. The largest absolute Gasteiger partial charge is 0.495 e. The van der Waals surface area contributed by atoms with Gasteiger partial charge in [-0.2, -0.15) is 0 Å². The van der Waals surface area contributed by atoms with Gasteiger partial charge in [-0.05, 0) is 62.1 Å². The number of hydrogen-bond donors (Lipinski definition) is 1. The van der Waals surface area contributed by atoms with Crippen molar-refractivity contribution in [3.05, 3.63) is 52.6 Å². The van der Waals surface area contributed by atoms with Gasteiger partial charge in [-0.1, -0.05) is 18.2 Å². The van der Waals surface area contributed by atoms with Crippen LogP contribution in [0.1, 0.15) is 22.3 Å². The lowest BCUT2D eigenvalue weighted by molar-refractivity contribution is -0.118. The highest BCUT2D eigenvalue weighted by Gasteiger charge is 2.11. The van der Waals surface area contributed by atoms with E-state index in [9.17, 15) is 4.79 Å². The fourth-order valence-electron chi connectivity index (χ4n) is 2.39. The van der Waals surface area contributed by atoms with Gasteiger partial charge in [-0.3, -0.25) is 4.79 Å². The van der Waals surface area contributed by atoms with Crippen LogP contribution in [0.5, 0.6) is 11.5 Å². The SMILES string of the molecule is COc1ccc(C)cc1NC(=O)COc1c(C)ccc(C)c1C. The van der Waals surface area contributed by atoms with E-state index in [-0.39, 0.29) is 12.5 Å². The summed E-state index contributed by atoms with van der Waals surface area (Å²) in [4.78, 5) is 12.2. The molecule has 0 bridgehead atoms. The van der Waals surface area contributed by atoms with Crippen molar-refractivity contribution in [2.45, 2.75) is 27.7 Å². The Balaban J connectivity index is 2.07. The Bertz CT molecular complexity index is 723. The molecule has 1 amide bonds. The maximum Gasteiger partial charge on any atom is 0.262 e. The first-order chi connectivity index (χ1) is 10.9. The Morgan fingerprint density at radius 2 is 1.74 bits per heavy atom. The molecule has 2 aromatic rings. The smallest absolute Gasteiger partial charge is 0.262 e. The van der Waals surface area contributed by atoms with Crippen LogP contribution in [0.2, 0.25) is 0 Å². The number of carbonyl (C=O) groups excluding carboxylic acids is 1. The zero-order valence-corrected chi connectivity index (χ0v) is 14.3. The van der Waals surface area contributed by atoms with E-state index in [0.29, 0.717) is 11.4 Å². The van der Waals surface area contributed by atoms with E-state index in [1.165, 1.54) is 0 Å². The number of nitrogens with one attached hydrogen (secondary N) is 1. The minimum Gasteiger partial charge on any atom is -0.495 e. The third-order valence-electron chi connectivity index (χ3n) is 3.85. The second-order valence-corrected chi connectivity index (χ2v) is 5.69. The molecule has 0 saturated heterocycles. The molecule has 1 N–H and O–H groups in total. The molecule has 0 saturated carbocycles. The highest BCUT2D eigenvalue weighted by molar-refractivity contribution is 5.93. The summed E-state index contributed by atoms with van der Waals surface area (Å²) in [6, 6.07) is 9.69. The number of carbonyl (C=O) groups is 1. The van der Waals surface area contributed by atoms with E-state index in [1.807, 2.05) is 52.0 Å². The molecule has 23 heavy (non-hydrogen) atoms. The molecule has 4 nitrogen and oxygen atoms in total. The van der Waals surface area contributed by atoms with Gasteiger partial charge in [0.1, 0.15) is 11.5 Å². The molecule has 2 rings (SSSR count). The third-order valence-corrected chi connectivity index (χ3v) is 3.85. The molecule has 4 heteroatoms. The molecule has 0 aliphatic heterocycles. The monoisotopic (exact) mass is 313 g/mol. The van der Waals surface area contributed by atoms with Gasteiger partial charge in [0.05, 0.1) is 12.8 Å². The van der Waals surface area contributed by atoms with Gasteiger partial charge in [-0.15, -0.1) is 0 Å². The predicted molar refractivity (Wildman–Crippen MR) is 92.5 cm³/mol. The normalized spacial score (nSPS) is 10.3. The maximum absolute atomic E-state index is 12.2. The Hall–Kier alpha value is -2.49. The summed E-state index contributed by atoms with van der Waals surface area (Å²) in [6.45, 7) is 7.93. The number of ether oxygens (including phenoxy) is 2. The summed E-state index contributed by atoms with van der Waals surface area (Å²) in [6.07, 6.45) is 0. The average Bonchev–Trinajstić information content (AvgIpc) is 2.51. The van der Waals surface area contributed by atoms with Crippen molar-refractivity contribution in [1.82, 2.24) is 0 Å².